The van der Waals surface area contributed by atoms with Gasteiger partial charge in [-0.2, -0.15) is 0 Å². The van der Waals surface area contributed by atoms with Gasteiger partial charge in [-0.05, 0) is 59.0 Å². The predicted octanol–water partition coefficient (Wildman–Crippen LogP) is 2.68. The highest BCUT2D eigenvalue weighted by molar-refractivity contribution is 14.1. The van der Waals surface area contributed by atoms with Crippen molar-refractivity contribution in [2.45, 2.75) is 0 Å². The fourth-order valence-corrected chi connectivity index (χ4v) is 1.70. The fraction of sp³-hybridized carbons (Fsp3) is 0. The number of hydrogen-bond acceptors (Lipinski definition) is 2. The minimum atomic E-state index is -0.265. The van der Waals surface area contributed by atoms with Crippen LogP contribution in [0.25, 0.3) is 0 Å². The molecule has 0 spiro atoms. The molecule has 2 aromatic rings. The molecule has 1 aromatic heterocycles. The Labute approximate surface area is 112 Å². The number of H-pyrrole nitrogens is 1. The Morgan fingerprint density at radius 2 is 1.88 bits per heavy atom. The summed E-state index contributed by atoms with van der Waals surface area (Å²) >= 11 is 2.19. The molecular formula is C12H9IN2O2. The lowest BCUT2D eigenvalue weighted by Gasteiger charge is -2.03. The van der Waals surface area contributed by atoms with Crippen molar-refractivity contribution in [3.8, 4) is 0 Å². The molecule has 4 nitrogen and oxygen atoms in total. The average Bonchev–Trinajstić information content (AvgIpc) is 2.81. The summed E-state index contributed by atoms with van der Waals surface area (Å²) in [5.41, 5.74) is 1.47. The summed E-state index contributed by atoms with van der Waals surface area (Å²) in [7, 11) is 0. The first-order chi connectivity index (χ1) is 8.19. The van der Waals surface area contributed by atoms with Gasteiger partial charge in [0.25, 0.3) is 5.91 Å². The second-order valence-electron chi connectivity index (χ2n) is 3.41. The van der Waals surface area contributed by atoms with Crippen molar-refractivity contribution in [1.82, 2.24) is 4.98 Å². The minimum absolute atomic E-state index is 0.265. The van der Waals surface area contributed by atoms with Crippen LogP contribution in [0.1, 0.15) is 21.0 Å². The van der Waals surface area contributed by atoms with Crippen molar-refractivity contribution in [3.05, 3.63) is 51.4 Å². The van der Waals surface area contributed by atoms with Crippen LogP contribution >= 0.6 is 22.6 Å². The first-order valence-corrected chi connectivity index (χ1v) is 5.98. The molecule has 17 heavy (non-hydrogen) atoms. The topological polar surface area (TPSA) is 62.0 Å². The third-order valence-electron chi connectivity index (χ3n) is 2.18. The maximum atomic E-state index is 11.8. The van der Waals surface area contributed by atoms with Crippen molar-refractivity contribution in [2.24, 2.45) is 0 Å². The van der Waals surface area contributed by atoms with Crippen LogP contribution in [0.5, 0.6) is 0 Å². The molecule has 0 saturated heterocycles. The number of carbonyl (C=O) groups is 2. The normalized spacial score (nSPS) is 9.94. The summed E-state index contributed by atoms with van der Waals surface area (Å²) in [6.45, 7) is 0. The van der Waals surface area contributed by atoms with Crippen molar-refractivity contribution >= 4 is 40.5 Å². The van der Waals surface area contributed by atoms with E-state index in [-0.39, 0.29) is 5.91 Å². The summed E-state index contributed by atoms with van der Waals surface area (Å²) in [4.78, 5) is 25.0. The van der Waals surface area contributed by atoms with E-state index in [4.69, 9.17) is 0 Å². The van der Waals surface area contributed by atoms with Crippen LogP contribution in [-0.2, 0) is 0 Å². The highest BCUT2D eigenvalue weighted by Crippen LogP contribution is 2.12. The van der Waals surface area contributed by atoms with Crippen molar-refractivity contribution in [3.63, 3.8) is 0 Å². The third-order valence-corrected chi connectivity index (χ3v) is 2.90. The number of aromatic nitrogens is 1. The first kappa shape index (κ1) is 11.8. The van der Waals surface area contributed by atoms with E-state index in [2.05, 4.69) is 32.9 Å². The zero-order valence-electron chi connectivity index (χ0n) is 8.74. The second-order valence-corrected chi connectivity index (χ2v) is 4.65. The van der Waals surface area contributed by atoms with Gasteiger partial charge in [0, 0.05) is 9.26 Å². The zero-order chi connectivity index (χ0) is 12.3. The SMILES string of the molecule is O=Cc1ccc(C(=O)Nc2ccc(I)cc2)[nH]1. The van der Waals surface area contributed by atoms with Gasteiger partial charge in [0.05, 0.1) is 5.69 Å². The van der Waals surface area contributed by atoms with Crippen molar-refractivity contribution in [1.29, 1.82) is 0 Å². The number of aldehydes is 1. The van der Waals surface area contributed by atoms with E-state index in [0.717, 1.165) is 9.26 Å². The smallest absolute Gasteiger partial charge is 0.272 e. The van der Waals surface area contributed by atoms with E-state index in [1.54, 1.807) is 12.1 Å². The number of carbonyl (C=O) groups excluding carboxylic acids is 2. The maximum Gasteiger partial charge on any atom is 0.272 e. The molecule has 0 aliphatic carbocycles. The molecule has 0 atom stereocenters. The molecule has 0 radical (unpaired) electrons. The minimum Gasteiger partial charge on any atom is -0.348 e. The number of aromatic amines is 1. The van der Waals surface area contributed by atoms with Crippen molar-refractivity contribution in [2.75, 3.05) is 5.32 Å². The Kier molecular flexibility index (Phi) is 3.58. The van der Waals surface area contributed by atoms with Crippen LogP contribution in [0, 0.1) is 3.57 Å². The molecule has 1 heterocycles. The van der Waals surface area contributed by atoms with Crippen LogP contribution in [-0.4, -0.2) is 17.2 Å². The number of halogens is 1. The summed E-state index contributed by atoms with van der Waals surface area (Å²) in [5.74, 6) is -0.265. The van der Waals surface area contributed by atoms with Gasteiger partial charge in [-0.15, -0.1) is 0 Å². The number of rotatable bonds is 3. The highest BCUT2D eigenvalue weighted by Gasteiger charge is 2.08. The molecule has 0 saturated carbocycles. The maximum absolute atomic E-state index is 11.8. The van der Waals surface area contributed by atoms with E-state index in [9.17, 15) is 9.59 Å². The van der Waals surface area contributed by atoms with E-state index in [1.165, 1.54) is 0 Å². The number of hydrogen-bond donors (Lipinski definition) is 2. The summed E-state index contributed by atoms with van der Waals surface area (Å²) in [6.07, 6.45) is 0.668. The molecule has 0 unspecified atom stereocenters. The number of anilines is 1. The lowest BCUT2D eigenvalue weighted by molar-refractivity contribution is 0.102. The van der Waals surface area contributed by atoms with Gasteiger partial charge in [-0.1, -0.05) is 0 Å². The van der Waals surface area contributed by atoms with E-state index in [0.29, 0.717) is 17.7 Å². The molecule has 86 valence electrons. The number of benzene rings is 1. The average molecular weight is 340 g/mol. The molecule has 0 bridgehead atoms. The molecule has 2 N–H and O–H groups in total. The number of nitrogens with one attached hydrogen (secondary N) is 2. The Hall–Kier alpha value is -1.63. The fourth-order valence-electron chi connectivity index (χ4n) is 1.34. The van der Waals surface area contributed by atoms with E-state index in [1.807, 2.05) is 24.3 Å². The predicted molar refractivity (Wildman–Crippen MR) is 73.3 cm³/mol. The van der Waals surface area contributed by atoms with Crippen LogP contribution in [0.3, 0.4) is 0 Å². The van der Waals surface area contributed by atoms with Crippen molar-refractivity contribution < 1.29 is 9.59 Å². The van der Waals surface area contributed by atoms with Crippen LogP contribution < -0.4 is 5.32 Å². The summed E-state index contributed by atoms with van der Waals surface area (Å²) in [5, 5.41) is 2.73. The Morgan fingerprint density at radius 3 is 2.47 bits per heavy atom. The first-order valence-electron chi connectivity index (χ1n) is 4.90. The zero-order valence-corrected chi connectivity index (χ0v) is 10.9. The molecule has 1 aromatic carbocycles. The molecule has 0 aliphatic heterocycles. The van der Waals surface area contributed by atoms with E-state index < -0.39 is 0 Å². The molecule has 1 amide bonds. The monoisotopic (exact) mass is 340 g/mol. The van der Waals surface area contributed by atoms with Crippen LogP contribution in [0.2, 0.25) is 0 Å². The standard InChI is InChI=1S/C12H9IN2O2/c13-8-1-3-9(4-2-8)15-12(17)11-6-5-10(7-16)14-11/h1-7,14H,(H,15,17). The van der Waals surface area contributed by atoms with Gasteiger partial charge in [-0.25, -0.2) is 0 Å². The highest BCUT2D eigenvalue weighted by atomic mass is 127. The Bertz CT molecular complexity index is 546. The van der Waals surface area contributed by atoms with Gasteiger partial charge in [0.15, 0.2) is 6.29 Å². The number of amides is 1. The molecule has 2 rings (SSSR count). The quantitative estimate of drug-likeness (QED) is 0.667. The van der Waals surface area contributed by atoms with Crippen LogP contribution in [0.4, 0.5) is 5.69 Å². The Morgan fingerprint density at radius 1 is 1.18 bits per heavy atom. The van der Waals surface area contributed by atoms with Gasteiger partial charge >= 0.3 is 0 Å². The van der Waals surface area contributed by atoms with Gasteiger partial charge in [0.2, 0.25) is 0 Å². The second kappa shape index (κ2) is 5.13. The van der Waals surface area contributed by atoms with Gasteiger partial charge < -0.3 is 10.3 Å². The lowest BCUT2D eigenvalue weighted by Crippen LogP contribution is -2.12. The largest absolute Gasteiger partial charge is 0.348 e. The molecular weight excluding hydrogens is 331 g/mol. The summed E-state index contributed by atoms with van der Waals surface area (Å²) in [6, 6.07) is 10.6. The lowest BCUT2D eigenvalue weighted by atomic mass is 10.3. The third kappa shape index (κ3) is 2.94. The van der Waals surface area contributed by atoms with Gasteiger partial charge in [-0.3, -0.25) is 9.59 Å². The van der Waals surface area contributed by atoms with E-state index >= 15 is 0 Å². The molecule has 0 aliphatic rings. The van der Waals surface area contributed by atoms with Crippen LogP contribution in [0.15, 0.2) is 36.4 Å². The molecule has 5 heteroatoms. The van der Waals surface area contributed by atoms with Gasteiger partial charge in [0.1, 0.15) is 5.69 Å². The molecule has 0 fully saturated rings. The summed E-state index contributed by atoms with van der Waals surface area (Å²) < 4.78 is 1.10. The Balaban J connectivity index is 2.11.